The van der Waals surface area contributed by atoms with Crippen molar-refractivity contribution in [2.75, 3.05) is 13.3 Å². The maximum Gasteiger partial charge on any atom is 0.308 e. The average Bonchev–Trinajstić information content (AvgIpc) is 3.17. The number of fused-ring (bicyclic) bond motifs is 2. The molecule has 1 aliphatic carbocycles. The van der Waals surface area contributed by atoms with Crippen molar-refractivity contribution >= 4 is 47.8 Å². The van der Waals surface area contributed by atoms with Gasteiger partial charge < -0.3 is 37.0 Å². The third kappa shape index (κ3) is 13.6. The third-order valence-corrected chi connectivity index (χ3v) is 31.1. The number of carbonyl (C=O) groups is 1. The van der Waals surface area contributed by atoms with Crippen LogP contribution in [-0.2, 0) is 50.9 Å². The number of esters is 1. The molecule has 11 nitrogen and oxygen atoms in total. The number of hydrogen-bond acceptors (Lipinski definition) is 11. The second-order valence-corrected chi connectivity index (χ2v) is 40.1. The zero-order valence-electron chi connectivity index (χ0n) is 43.4. The Morgan fingerprint density at radius 3 is 1.91 bits per heavy atom. The Bertz CT molecular complexity index is 1580. The van der Waals surface area contributed by atoms with Crippen molar-refractivity contribution in [3.63, 3.8) is 0 Å². The van der Waals surface area contributed by atoms with E-state index >= 15 is 0 Å². The van der Waals surface area contributed by atoms with E-state index in [0.29, 0.717) is 25.4 Å². The fraction of sp³-hybridized carbons (Fsp3) is 0.938. The van der Waals surface area contributed by atoms with Crippen LogP contribution >= 0.6 is 16.9 Å². The van der Waals surface area contributed by atoms with Crippen molar-refractivity contribution < 1.29 is 50.9 Å². The Labute approximate surface area is 395 Å². The molecular weight excluding hydrogens is 899 g/mol. The molecule has 16 heteroatoms. The fourth-order valence-electron chi connectivity index (χ4n) is 9.31. The zero-order chi connectivity index (χ0) is 48.4. The molecular formula is C48H90O11P2Si3. The van der Waals surface area contributed by atoms with Crippen LogP contribution in [0.1, 0.15) is 128 Å². The van der Waals surface area contributed by atoms with Gasteiger partial charge in [-0.2, -0.15) is 0 Å². The van der Waals surface area contributed by atoms with E-state index in [0.717, 1.165) is 19.3 Å². The molecule has 0 aromatic heterocycles. The van der Waals surface area contributed by atoms with Gasteiger partial charge in [0.15, 0.2) is 41.9 Å². The van der Waals surface area contributed by atoms with Gasteiger partial charge in [-0.05, 0) is 106 Å². The first-order chi connectivity index (χ1) is 29.4. The predicted octanol–water partition coefficient (Wildman–Crippen LogP) is 12.5. The molecule has 0 aromatic carbocycles. The van der Waals surface area contributed by atoms with Crippen LogP contribution in [0.2, 0.25) is 54.4 Å². The number of rotatable bonds is 18. The Kier molecular flexibility index (Phi) is 19.6. The van der Waals surface area contributed by atoms with Gasteiger partial charge in [0, 0.05) is 31.5 Å². The van der Waals surface area contributed by atoms with Gasteiger partial charge in [-0.25, -0.2) is 0 Å². The van der Waals surface area contributed by atoms with Crippen molar-refractivity contribution in [1.29, 1.82) is 0 Å². The molecule has 0 amide bonds. The van der Waals surface area contributed by atoms with Gasteiger partial charge in [-0.1, -0.05) is 81.4 Å². The van der Waals surface area contributed by atoms with Gasteiger partial charge >= 0.3 is 5.97 Å². The SMILES string of the molecule is C/C=C/[C@H](O[Si](C)(C)C(C)(C)C)[C@@H]1C[C@H]2CCC(CC(=O)O[C@@H]3[C@@H](C)[C@@H]4O[C@H](CCP=O)[C@H](P=O)C[C@@H]4O[C@H]3CC(C)OC)O[C@@H]2[C@H](O[Si](C)(C)C(C)(C)C)[C@@H]1O[Si](C)(C)C(C)(C)C. The first kappa shape index (κ1) is 56.4. The highest BCUT2D eigenvalue weighted by molar-refractivity contribution is 7.25. The summed E-state index contributed by atoms with van der Waals surface area (Å²) in [4.78, 5) is 14.3. The second kappa shape index (κ2) is 22.2. The van der Waals surface area contributed by atoms with Crippen LogP contribution in [0.25, 0.3) is 0 Å². The maximum atomic E-state index is 14.3. The standard InChI is InChI=1S/C48H90O11P2Si3/c1-20-21-35(57-62(14,15)46(4,5)6)34-27-32-22-23-33(53-43(32)45(59-64(18,19)48(10,11)12)44(34)58-63(16,17)47(7,8)9)28-40(49)56-42-31(3)41-38(54-37(42)26-30(2)52-13)29-39(61-51)36(55-41)24-25-60-50/h20-21,30-39,41-45H,22-29H2,1-19H3/b21-20+/t30?,31-,32+,33?,34-,35-,36+,37-,38-,39+,41-,42+,43-,44+,45-/m0/s1. The molecule has 0 aromatic rings. The van der Waals surface area contributed by atoms with Crippen molar-refractivity contribution in [2.24, 2.45) is 17.8 Å². The number of hydrogen-bond donors (Lipinski definition) is 0. The van der Waals surface area contributed by atoms with E-state index in [9.17, 15) is 13.9 Å². The van der Waals surface area contributed by atoms with E-state index < -0.39 is 37.2 Å². The molecule has 4 aliphatic rings. The molecule has 3 aliphatic heterocycles. The summed E-state index contributed by atoms with van der Waals surface area (Å²) in [5.41, 5.74) is -0.257. The maximum absolute atomic E-state index is 14.3. The third-order valence-electron chi connectivity index (χ3n) is 16.5. The van der Waals surface area contributed by atoms with E-state index in [2.05, 4.69) is 128 Å². The summed E-state index contributed by atoms with van der Waals surface area (Å²) < 4.78 is 79.0. The lowest BCUT2D eigenvalue weighted by Gasteiger charge is -2.56. The summed E-state index contributed by atoms with van der Waals surface area (Å²) in [7, 11) is -5.28. The summed E-state index contributed by atoms with van der Waals surface area (Å²) in [6.07, 6.45) is 5.50. The molecule has 1 saturated carbocycles. The van der Waals surface area contributed by atoms with E-state index in [1.54, 1.807) is 7.11 Å². The van der Waals surface area contributed by atoms with Gasteiger partial charge in [0.25, 0.3) is 0 Å². The van der Waals surface area contributed by atoms with Crippen LogP contribution in [0.5, 0.6) is 0 Å². The molecule has 64 heavy (non-hydrogen) atoms. The Morgan fingerprint density at radius 1 is 0.781 bits per heavy atom. The summed E-state index contributed by atoms with van der Waals surface area (Å²) in [6, 6.07) is 0. The molecule has 4 rings (SSSR count). The van der Waals surface area contributed by atoms with Crippen LogP contribution in [0.15, 0.2) is 12.2 Å². The van der Waals surface area contributed by atoms with Crippen LogP contribution in [0.3, 0.4) is 0 Å². The average molecular weight is 989 g/mol. The van der Waals surface area contributed by atoms with Gasteiger partial charge in [-0.3, -0.25) is 13.9 Å². The lowest BCUT2D eigenvalue weighted by Crippen LogP contribution is -2.65. The lowest BCUT2D eigenvalue weighted by molar-refractivity contribution is -0.253. The summed E-state index contributed by atoms with van der Waals surface area (Å²) in [5.74, 6) is -0.282. The molecule has 3 saturated heterocycles. The van der Waals surface area contributed by atoms with E-state index in [4.69, 9.17) is 37.0 Å². The Morgan fingerprint density at radius 2 is 1.38 bits per heavy atom. The highest BCUT2D eigenvalue weighted by Crippen LogP contribution is 2.51. The molecule has 2 unspecified atom stereocenters. The first-order valence-electron chi connectivity index (χ1n) is 24.4. The lowest BCUT2D eigenvalue weighted by atomic mass is 9.70. The highest BCUT2D eigenvalue weighted by atomic mass is 31.1. The molecule has 15 atom stereocenters. The minimum Gasteiger partial charge on any atom is -0.459 e. The molecule has 0 bridgehead atoms. The van der Waals surface area contributed by atoms with Crippen LogP contribution in [0.4, 0.5) is 0 Å². The van der Waals surface area contributed by atoms with Gasteiger partial charge in [0.2, 0.25) is 0 Å². The highest BCUT2D eigenvalue weighted by Gasteiger charge is 2.57. The largest absolute Gasteiger partial charge is 0.459 e. The molecule has 3 heterocycles. The quantitative estimate of drug-likeness (QED) is 0.0564. The molecule has 0 radical (unpaired) electrons. The Hall–Kier alpha value is -0.219. The zero-order valence-corrected chi connectivity index (χ0v) is 48.1. The summed E-state index contributed by atoms with van der Waals surface area (Å²) in [6.45, 7) is 40.8. The van der Waals surface area contributed by atoms with Crippen LogP contribution in [-0.4, -0.2) is 117 Å². The number of allylic oxidation sites excluding steroid dienone is 1. The summed E-state index contributed by atoms with van der Waals surface area (Å²) in [5, 5.41) is -0.0677. The van der Waals surface area contributed by atoms with Gasteiger partial charge in [0.05, 0.1) is 73.1 Å². The van der Waals surface area contributed by atoms with Gasteiger partial charge in [-0.15, -0.1) is 0 Å². The monoisotopic (exact) mass is 989 g/mol. The minimum absolute atomic E-state index is 0.0123. The first-order valence-corrected chi connectivity index (χ1v) is 35.0. The van der Waals surface area contributed by atoms with Crippen LogP contribution < -0.4 is 0 Å². The Balaban J connectivity index is 1.68. The topological polar surface area (TPSA) is 125 Å². The fourth-order valence-corrected chi connectivity index (χ4v) is 14.2. The number of carbonyl (C=O) groups excluding carboxylic acids is 1. The molecule has 4 fully saturated rings. The molecule has 0 N–H and O–H groups in total. The molecule has 370 valence electrons. The minimum atomic E-state index is -2.40. The second-order valence-electron chi connectivity index (χ2n) is 24.2. The summed E-state index contributed by atoms with van der Waals surface area (Å²) >= 11 is 0. The van der Waals surface area contributed by atoms with E-state index in [1.807, 2.05) is 6.92 Å². The van der Waals surface area contributed by atoms with E-state index in [1.165, 1.54) is 0 Å². The van der Waals surface area contributed by atoms with Crippen molar-refractivity contribution in [3.8, 4) is 0 Å². The van der Waals surface area contributed by atoms with Crippen molar-refractivity contribution in [1.82, 2.24) is 0 Å². The number of ether oxygens (including phenoxy) is 5. The van der Waals surface area contributed by atoms with Gasteiger partial charge in [0.1, 0.15) is 6.10 Å². The van der Waals surface area contributed by atoms with Crippen LogP contribution in [0, 0.1) is 17.8 Å². The van der Waals surface area contributed by atoms with Crippen molar-refractivity contribution in [2.45, 2.75) is 255 Å². The number of methoxy groups -OCH3 is 1. The normalized spacial score (nSPS) is 34.6. The smallest absolute Gasteiger partial charge is 0.308 e. The molecule has 0 spiro atoms. The van der Waals surface area contributed by atoms with Crippen molar-refractivity contribution in [3.05, 3.63) is 12.2 Å². The predicted molar refractivity (Wildman–Crippen MR) is 266 cm³/mol. The van der Waals surface area contributed by atoms with E-state index in [-0.39, 0.29) is 123 Å².